The number of benzene rings is 1. The molecule has 0 saturated carbocycles. The maximum Gasteiger partial charge on any atom is 0.241 e. The zero-order chi connectivity index (χ0) is 17.8. The fourth-order valence-corrected chi connectivity index (χ4v) is 3.07. The predicted octanol–water partition coefficient (Wildman–Crippen LogP) is 1.23. The van der Waals surface area contributed by atoms with Gasteiger partial charge in [-0.3, -0.25) is 9.00 Å². The van der Waals surface area contributed by atoms with Crippen LogP contribution in [0.25, 0.3) is 5.69 Å². The summed E-state index contributed by atoms with van der Waals surface area (Å²) in [5.41, 5.74) is 0.759. The van der Waals surface area contributed by atoms with Crippen molar-refractivity contribution in [2.75, 3.05) is 5.32 Å². The third kappa shape index (κ3) is 3.97. The highest BCUT2D eigenvalue weighted by atomic mass is 32.2. The van der Waals surface area contributed by atoms with Gasteiger partial charge in [-0.05, 0) is 36.4 Å². The van der Waals surface area contributed by atoms with Crippen molar-refractivity contribution in [3.05, 3.63) is 48.0 Å². The molecule has 0 unspecified atom stereocenters. The van der Waals surface area contributed by atoms with Crippen molar-refractivity contribution in [1.82, 2.24) is 25.4 Å². The van der Waals surface area contributed by atoms with Crippen molar-refractivity contribution in [1.29, 1.82) is 0 Å². The Morgan fingerprint density at radius 1 is 1.36 bits per heavy atom. The topological polar surface area (TPSA) is 116 Å². The van der Waals surface area contributed by atoms with Gasteiger partial charge in [0.15, 0.2) is 11.6 Å². The summed E-state index contributed by atoms with van der Waals surface area (Å²) in [7, 11) is -1.51. The van der Waals surface area contributed by atoms with Crippen molar-refractivity contribution in [3.63, 3.8) is 0 Å². The molecule has 1 N–H and O–H groups in total. The standard InChI is InChI=1S/C15H16N6O3S/c1-10-8-13(18-24-10)16-15(22)11(2)25(23)9-14-17-19-20-21(14)12-6-4-3-5-7-12/h3-8,11H,9H2,1-2H3,(H,16,18,22)/t11-,25+/m0/s1. The van der Waals surface area contributed by atoms with Crippen LogP contribution in [0, 0.1) is 6.92 Å². The Morgan fingerprint density at radius 2 is 2.12 bits per heavy atom. The van der Waals surface area contributed by atoms with Crippen molar-refractivity contribution in [3.8, 4) is 5.69 Å². The van der Waals surface area contributed by atoms with Crippen molar-refractivity contribution < 1.29 is 13.5 Å². The first-order chi connectivity index (χ1) is 12.0. The molecule has 9 nitrogen and oxygen atoms in total. The summed E-state index contributed by atoms with van der Waals surface area (Å²) in [6.07, 6.45) is 0. The van der Waals surface area contributed by atoms with Crippen molar-refractivity contribution in [2.24, 2.45) is 0 Å². The largest absolute Gasteiger partial charge is 0.360 e. The molecule has 2 heterocycles. The van der Waals surface area contributed by atoms with Crippen LogP contribution < -0.4 is 5.32 Å². The zero-order valence-electron chi connectivity index (χ0n) is 13.6. The number of rotatable bonds is 6. The van der Waals surface area contributed by atoms with E-state index in [1.165, 1.54) is 4.68 Å². The van der Waals surface area contributed by atoms with Crippen LogP contribution in [-0.4, -0.2) is 40.7 Å². The average Bonchev–Trinajstić information content (AvgIpc) is 3.23. The first-order valence-electron chi connectivity index (χ1n) is 7.48. The summed E-state index contributed by atoms with van der Waals surface area (Å²) in [4.78, 5) is 12.2. The van der Waals surface area contributed by atoms with Crippen LogP contribution >= 0.6 is 0 Å². The number of hydrogen-bond acceptors (Lipinski definition) is 7. The van der Waals surface area contributed by atoms with Gasteiger partial charge < -0.3 is 9.84 Å². The molecule has 3 aromatic rings. The molecular formula is C15H16N6O3S. The highest BCUT2D eigenvalue weighted by molar-refractivity contribution is 7.85. The van der Waals surface area contributed by atoms with E-state index in [1.807, 2.05) is 30.3 Å². The Balaban J connectivity index is 1.68. The van der Waals surface area contributed by atoms with Crippen LogP contribution in [0.1, 0.15) is 18.5 Å². The van der Waals surface area contributed by atoms with E-state index in [-0.39, 0.29) is 5.75 Å². The molecular weight excluding hydrogens is 344 g/mol. The van der Waals surface area contributed by atoms with Gasteiger partial charge in [0.2, 0.25) is 5.91 Å². The first kappa shape index (κ1) is 17.0. The number of aromatic nitrogens is 5. The van der Waals surface area contributed by atoms with Gasteiger partial charge in [-0.1, -0.05) is 23.4 Å². The molecule has 0 aliphatic carbocycles. The third-order valence-corrected chi connectivity index (χ3v) is 4.99. The second-order valence-corrected chi connectivity index (χ2v) is 7.08. The Kier molecular flexibility index (Phi) is 4.98. The van der Waals surface area contributed by atoms with Gasteiger partial charge in [0.1, 0.15) is 11.0 Å². The molecule has 1 amide bonds. The minimum Gasteiger partial charge on any atom is -0.360 e. The zero-order valence-corrected chi connectivity index (χ0v) is 14.4. The van der Waals surface area contributed by atoms with Gasteiger partial charge in [-0.25, -0.2) is 0 Å². The molecule has 0 bridgehead atoms. The molecule has 0 fully saturated rings. The molecule has 130 valence electrons. The third-order valence-electron chi connectivity index (χ3n) is 3.45. The second-order valence-electron chi connectivity index (χ2n) is 5.32. The summed E-state index contributed by atoms with van der Waals surface area (Å²) < 4.78 is 18.9. The van der Waals surface area contributed by atoms with E-state index in [0.29, 0.717) is 17.4 Å². The SMILES string of the molecule is Cc1cc(NC(=O)[C@H](C)[S@](=O)Cc2nnnn2-c2ccccc2)no1. The summed E-state index contributed by atoms with van der Waals surface area (Å²) in [5, 5.41) is 16.9. The lowest BCUT2D eigenvalue weighted by atomic mass is 10.3. The van der Waals surface area contributed by atoms with Crippen LogP contribution in [0.4, 0.5) is 5.82 Å². The predicted molar refractivity (Wildman–Crippen MR) is 90.3 cm³/mol. The lowest BCUT2D eigenvalue weighted by molar-refractivity contribution is -0.115. The highest BCUT2D eigenvalue weighted by Gasteiger charge is 2.23. The van der Waals surface area contributed by atoms with E-state index in [2.05, 4.69) is 26.0 Å². The lowest BCUT2D eigenvalue weighted by Gasteiger charge is -2.10. The second kappa shape index (κ2) is 7.34. The number of amides is 1. The minimum absolute atomic E-state index is 0.0499. The number of anilines is 1. The number of aryl methyl sites for hydroxylation is 1. The van der Waals surface area contributed by atoms with Gasteiger partial charge in [0.25, 0.3) is 0 Å². The lowest BCUT2D eigenvalue weighted by Crippen LogP contribution is -2.30. The molecule has 0 saturated heterocycles. The molecule has 2 atom stereocenters. The molecule has 10 heteroatoms. The number of nitrogens with zero attached hydrogens (tertiary/aromatic N) is 5. The van der Waals surface area contributed by atoms with Crippen LogP contribution in [0.2, 0.25) is 0 Å². The van der Waals surface area contributed by atoms with Gasteiger partial charge >= 0.3 is 0 Å². The Bertz CT molecular complexity index is 892. The van der Waals surface area contributed by atoms with Crippen LogP contribution in [0.5, 0.6) is 0 Å². The smallest absolute Gasteiger partial charge is 0.241 e. The normalized spacial score (nSPS) is 13.4. The molecule has 0 spiro atoms. The molecule has 1 aromatic carbocycles. The highest BCUT2D eigenvalue weighted by Crippen LogP contribution is 2.12. The quantitative estimate of drug-likeness (QED) is 0.703. The van der Waals surface area contributed by atoms with Gasteiger partial charge in [0.05, 0.1) is 11.4 Å². The Morgan fingerprint density at radius 3 is 2.80 bits per heavy atom. The monoisotopic (exact) mass is 360 g/mol. The maximum absolute atomic E-state index is 12.5. The van der Waals surface area contributed by atoms with E-state index in [4.69, 9.17) is 4.52 Å². The van der Waals surface area contributed by atoms with Gasteiger partial charge in [0, 0.05) is 16.9 Å². The summed E-state index contributed by atoms with van der Waals surface area (Å²) in [6, 6.07) is 10.9. The fraction of sp³-hybridized carbons (Fsp3) is 0.267. The minimum atomic E-state index is -1.51. The van der Waals surface area contributed by atoms with E-state index in [1.54, 1.807) is 19.9 Å². The molecule has 0 radical (unpaired) electrons. The van der Waals surface area contributed by atoms with Gasteiger partial charge in [-0.15, -0.1) is 5.10 Å². The maximum atomic E-state index is 12.5. The van der Waals surface area contributed by atoms with E-state index in [0.717, 1.165) is 5.69 Å². The number of tetrazole rings is 1. The number of para-hydroxylation sites is 1. The van der Waals surface area contributed by atoms with Crippen molar-refractivity contribution >= 4 is 22.5 Å². The molecule has 2 aromatic heterocycles. The number of carbonyl (C=O) groups excluding carboxylic acids is 1. The van der Waals surface area contributed by atoms with Crippen LogP contribution in [0.3, 0.4) is 0 Å². The van der Waals surface area contributed by atoms with E-state index < -0.39 is 22.0 Å². The van der Waals surface area contributed by atoms with Crippen LogP contribution in [-0.2, 0) is 21.3 Å². The fourth-order valence-electron chi connectivity index (χ4n) is 2.09. The van der Waals surface area contributed by atoms with Crippen LogP contribution in [0.15, 0.2) is 40.9 Å². The Hall–Kier alpha value is -2.88. The summed E-state index contributed by atoms with van der Waals surface area (Å²) >= 11 is 0. The summed E-state index contributed by atoms with van der Waals surface area (Å²) in [6.45, 7) is 3.29. The number of carbonyl (C=O) groups is 1. The molecule has 0 aliphatic heterocycles. The van der Waals surface area contributed by atoms with E-state index in [9.17, 15) is 9.00 Å². The molecule has 25 heavy (non-hydrogen) atoms. The number of nitrogens with one attached hydrogen (secondary N) is 1. The first-order valence-corrected chi connectivity index (χ1v) is 8.87. The average molecular weight is 360 g/mol. The van der Waals surface area contributed by atoms with Crippen molar-refractivity contribution in [2.45, 2.75) is 24.9 Å². The Labute approximate surface area is 145 Å². The molecule has 0 aliphatic rings. The number of hydrogen-bond donors (Lipinski definition) is 1. The van der Waals surface area contributed by atoms with E-state index >= 15 is 0 Å². The summed E-state index contributed by atoms with van der Waals surface area (Å²) in [5.74, 6) is 0.923. The molecule has 3 rings (SSSR count). The van der Waals surface area contributed by atoms with Gasteiger partial charge in [-0.2, -0.15) is 4.68 Å².